The maximum atomic E-state index is 6.30. The van der Waals surface area contributed by atoms with Crippen LogP contribution in [0.15, 0.2) is 101 Å². The third-order valence-electron chi connectivity index (χ3n) is 5.22. The Morgan fingerprint density at radius 2 is 1.44 bits per heavy atom. The molecule has 0 saturated heterocycles. The molecule has 0 amide bonds. The Labute approximate surface area is 204 Å². The van der Waals surface area contributed by atoms with E-state index in [1.807, 2.05) is 82.3 Å². The van der Waals surface area contributed by atoms with Crippen molar-refractivity contribution in [1.29, 1.82) is 0 Å². The van der Waals surface area contributed by atoms with E-state index < -0.39 is 0 Å². The van der Waals surface area contributed by atoms with Gasteiger partial charge in [-0.3, -0.25) is 0 Å². The predicted octanol–water partition coefficient (Wildman–Crippen LogP) is 9.02. The Morgan fingerprint density at radius 3 is 2.12 bits per heavy atom. The highest BCUT2D eigenvalue weighted by atomic mass is 33.1. The Balaban J connectivity index is 1.52. The quantitative estimate of drug-likeness (QED) is 0.132. The lowest BCUT2D eigenvalue weighted by molar-refractivity contribution is 0.515. The molecule has 1 unspecified atom stereocenters. The van der Waals surface area contributed by atoms with E-state index in [9.17, 15) is 0 Å². The Bertz CT molecular complexity index is 944. The van der Waals surface area contributed by atoms with Gasteiger partial charge in [-0.2, -0.15) is 0 Å². The van der Waals surface area contributed by atoms with Crippen molar-refractivity contribution in [2.75, 3.05) is 0 Å². The van der Waals surface area contributed by atoms with Crippen molar-refractivity contribution in [2.45, 2.75) is 53.3 Å². The smallest absolute Gasteiger partial charge is 0.197 e. The first-order valence-electron chi connectivity index (χ1n) is 11.2. The van der Waals surface area contributed by atoms with Gasteiger partial charge < -0.3 is 4.74 Å². The molecular weight excluding hydrogens is 451 g/mol. The third-order valence-corrected chi connectivity index (χ3v) is 10.0. The van der Waals surface area contributed by atoms with Gasteiger partial charge in [0, 0.05) is 16.6 Å². The summed E-state index contributed by atoms with van der Waals surface area (Å²) < 4.78 is 6.67. The van der Waals surface area contributed by atoms with Gasteiger partial charge in [-0.1, -0.05) is 95.4 Å². The van der Waals surface area contributed by atoms with Gasteiger partial charge in [-0.15, -0.1) is 11.8 Å². The van der Waals surface area contributed by atoms with Gasteiger partial charge in [-0.05, 0) is 49.2 Å². The number of rotatable bonds is 9. The van der Waals surface area contributed by atoms with E-state index in [1.165, 1.54) is 37.0 Å². The normalized spacial score (nSPS) is 15.9. The van der Waals surface area contributed by atoms with Gasteiger partial charge >= 0.3 is 0 Å². The summed E-state index contributed by atoms with van der Waals surface area (Å²) in [5.41, 5.74) is 0.931. The number of ether oxygens (including phenoxy) is 1. The summed E-state index contributed by atoms with van der Waals surface area (Å²) in [7, 11) is 3.79. The summed E-state index contributed by atoms with van der Waals surface area (Å²) in [5.74, 6) is 1.61. The first-order chi connectivity index (χ1) is 15.8. The number of para-hydroxylation sites is 2. The van der Waals surface area contributed by atoms with Crippen LogP contribution in [-0.4, -0.2) is 15.7 Å². The molecule has 1 fully saturated rings. The van der Waals surface area contributed by atoms with E-state index in [0.717, 1.165) is 29.0 Å². The predicted molar refractivity (Wildman–Crippen MR) is 143 cm³/mol. The van der Waals surface area contributed by atoms with Crippen LogP contribution in [0.1, 0.15) is 38.5 Å². The second-order valence-corrected chi connectivity index (χ2v) is 12.1. The highest BCUT2D eigenvalue weighted by Gasteiger charge is 2.23. The summed E-state index contributed by atoms with van der Waals surface area (Å²) in [6.45, 7) is 0. The minimum Gasteiger partial charge on any atom is -0.443 e. The van der Waals surface area contributed by atoms with Crippen LogP contribution < -0.4 is 4.74 Å². The van der Waals surface area contributed by atoms with Gasteiger partial charge in [-0.25, -0.2) is 4.99 Å². The molecule has 0 spiro atoms. The highest BCUT2D eigenvalue weighted by molar-refractivity contribution is 8.78. The lowest BCUT2D eigenvalue weighted by atomic mass is 10.0. The molecule has 5 heteroatoms. The van der Waals surface area contributed by atoms with Crippen LogP contribution >= 0.6 is 33.3 Å². The zero-order chi connectivity index (χ0) is 21.8. The lowest BCUT2D eigenvalue weighted by Crippen LogP contribution is -2.18. The molecule has 1 aliphatic carbocycles. The minimum atomic E-state index is 0.370. The number of aliphatic imine (C=N–C) groups is 1. The monoisotopic (exact) mass is 479 g/mol. The van der Waals surface area contributed by atoms with Gasteiger partial charge in [0.15, 0.2) is 5.90 Å². The van der Waals surface area contributed by atoms with E-state index in [-0.39, 0.29) is 0 Å². The molecule has 3 aromatic rings. The molecule has 166 valence electrons. The van der Waals surface area contributed by atoms with E-state index in [2.05, 4.69) is 42.1 Å². The number of thioether (sulfide) groups is 1. The van der Waals surface area contributed by atoms with Gasteiger partial charge in [0.2, 0.25) is 0 Å². The second-order valence-electron chi connectivity index (χ2n) is 7.78. The van der Waals surface area contributed by atoms with Gasteiger partial charge in [0.05, 0.1) is 10.3 Å². The first kappa shape index (κ1) is 23.3. The van der Waals surface area contributed by atoms with E-state index in [0.29, 0.717) is 4.58 Å². The summed E-state index contributed by atoms with van der Waals surface area (Å²) in [6, 6.07) is 30.8. The van der Waals surface area contributed by atoms with E-state index >= 15 is 0 Å². The fraction of sp³-hybridized carbons (Fsp3) is 0.296. The molecule has 0 radical (unpaired) electrons. The number of benzene rings is 3. The molecule has 0 bridgehead atoms. The third kappa shape index (κ3) is 7.95. The van der Waals surface area contributed by atoms with Crippen LogP contribution in [0.3, 0.4) is 0 Å². The molecular formula is C27H29NOS3. The number of nitrogens with zero attached hydrogens (tertiary/aromatic N) is 1. The molecule has 1 aliphatic rings. The molecule has 0 aliphatic heterocycles. The SMILES string of the molecule is c1ccc(N=C(CC(SSc2ccccc2)SC2CCCCC2)Oc2ccccc2)cc1. The number of hydrogen-bond donors (Lipinski definition) is 0. The molecule has 32 heavy (non-hydrogen) atoms. The van der Waals surface area contributed by atoms with Crippen LogP contribution in [-0.2, 0) is 0 Å². The molecule has 0 aromatic heterocycles. The minimum absolute atomic E-state index is 0.370. The number of hydrogen-bond acceptors (Lipinski definition) is 5. The fourth-order valence-corrected chi connectivity index (χ4v) is 8.21. The van der Waals surface area contributed by atoms with Gasteiger partial charge in [0.1, 0.15) is 5.75 Å². The summed E-state index contributed by atoms with van der Waals surface area (Å²) in [6.07, 6.45) is 7.52. The van der Waals surface area contributed by atoms with Crippen molar-refractivity contribution in [2.24, 2.45) is 4.99 Å². The topological polar surface area (TPSA) is 21.6 Å². The van der Waals surface area contributed by atoms with E-state index in [1.54, 1.807) is 0 Å². The standard InChI is InChI=1S/C27H29NOS3/c1-5-13-22(14-6-1)28-26(29-23-15-7-2-8-16-23)21-27(30-24-17-9-3-10-18-24)32-31-25-19-11-4-12-20-25/h1-2,4-8,11-16,19-20,24,27H,3,9-10,17-18,21H2. The van der Waals surface area contributed by atoms with Crippen LogP contribution in [0.2, 0.25) is 0 Å². The molecule has 2 nitrogen and oxygen atoms in total. The summed E-state index contributed by atoms with van der Waals surface area (Å²) in [4.78, 5) is 6.19. The summed E-state index contributed by atoms with van der Waals surface area (Å²) >= 11 is 2.12. The van der Waals surface area contributed by atoms with Crippen molar-refractivity contribution in [3.05, 3.63) is 91.0 Å². The van der Waals surface area contributed by atoms with Gasteiger partial charge in [0.25, 0.3) is 0 Å². The first-order valence-corrected chi connectivity index (χ1v) is 14.4. The van der Waals surface area contributed by atoms with Crippen LogP contribution in [0.5, 0.6) is 5.75 Å². The molecule has 1 atom stereocenters. The van der Waals surface area contributed by atoms with Crippen LogP contribution in [0.25, 0.3) is 0 Å². The summed E-state index contributed by atoms with van der Waals surface area (Å²) in [5, 5.41) is 0.729. The highest BCUT2D eigenvalue weighted by Crippen LogP contribution is 2.44. The Morgan fingerprint density at radius 1 is 0.812 bits per heavy atom. The van der Waals surface area contributed by atoms with Crippen molar-refractivity contribution in [1.82, 2.24) is 0 Å². The molecule has 4 rings (SSSR count). The molecule has 0 heterocycles. The molecule has 3 aromatic carbocycles. The average Bonchev–Trinajstić information content (AvgIpc) is 2.85. The molecule has 0 N–H and O–H groups in total. The van der Waals surface area contributed by atoms with Crippen LogP contribution in [0.4, 0.5) is 5.69 Å². The maximum Gasteiger partial charge on any atom is 0.197 e. The average molecular weight is 480 g/mol. The maximum absolute atomic E-state index is 6.30. The van der Waals surface area contributed by atoms with Crippen molar-refractivity contribution < 1.29 is 4.74 Å². The van der Waals surface area contributed by atoms with Crippen molar-refractivity contribution in [3.63, 3.8) is 0 Å². The Kier molecular flexibility index (Phi) is 9.50. The van der Waals surface area contributed by atoms with Crippen LogP contribution in [0, 0.1) is 0 Å². The van der Waals surface area contributed by atoms with Crippen molar-refractivity contribution >= 4 is 44.9 Å². The lowest BCUT2D eigenvalue weighted by Gasteiger charge is -2.26. The van der Waals surface area contributed by atoms with E-state index in [4.69, 9.17) is 9.73 Å². The zero-order valence-corrected chi connectivity index (χ0v) is 20.6. The Hall–Kier alpha value is -1.82. The fourth-order valence-electron chi connectivity index (χ4n) is 3.63. The largest absolute Gasteiger partial charge is 0.443 e. The zero-order valence-electron chi connectivity index (χ0n) is 18.1. The van der Waals surface area contributed by atoms with Crippen molar-refractivity contribution in [3.8, 4) is 5.75 Å². The second kappa shape index (κ2) is 13.0. The molecule has 1 saturated carbocycles.